The number of benzene rings is 2. The smallest absolute Gasteiger partial charge is 0.340 e. The Morgan fingerprint density at radius 1 is 1.21 bits per heavy atom. The second-order valence-electron chi connectivity index (χ2n) is 4.15. The molecule has 0 aliphatic rings. The molecule has 1 heterocycles. The summed E-state index contributed by atoms with van der Waals surface area (Å²) in [5.41, 5.74) is 7.77. The van der Waals surface area contributed by atoms with Crippen LogP contribution in [0.25, 0.3) is 22.0 Å². The number of nitrogens with two attached hydrogens (primary N) is 1. The third-order valence-electron chi connectivity index (χ3n) is 2.95. The molecule has 0 unspecified atom stereocenters. The van der Waals surface area contributed by atoms with Crippen LogP contribution >= 0.6 is 11.6 Å². The summed E-state index contributed by atoms with van der Waals surface area (Å²) >= 11 is 6.28. The zero-order valence-corrected chi connectivity index (χ0v) is 10.6. The van der Waals surface area contributed by atoms with Crippen molar-refractivity contribution in [3.05, 3.63) is 53.7 Å². The van der Waals surface area contributed by atoms with Crippen LogP contribution in [0, 0.1) is 0 Å². The minimum Gasteiger partial charge on any atom is -0.350 e. The standard InChI is InChI=1S/C14H10ClN3O/c15-12-7-13-10(8-17-18(13)14(16)19)6-11(12)9-4-2-1-3-5-9/h1-8H,(H2,16,19). The molecule has 5 heteroatoms. The van der Waals surface area contributed by atoms with Gasteiger partial charge in [0.15, 0.2) is 0 Å². The lowest BCUT2D eigenvalue weighted by Crippen LogP contribution is -2.20. The summed E-state index contributed by atoms with van der Waals surface area (Å²) in [5.74, 6) is 0. The highest BCUT2D eigenvalue weighted by atomic mass is 35.5. The maximum absolute atomic E-state index is 11.2. The second-order valence-corrected chi connectivity index (χ2v) is 4.56. The van der Waals surface area contributed by atoms with E-state index < -0.39 is 6.03 Å². The van der Waals surface area contributed by atoms with Crippen LogP contribution in [0.4, 0.5) is 4.79 Å². The number of hydrogen-bond donors (Lipinski definition) is 1. The van der Waals surface area contributed by atoms with E-state index >= 15 is 0 Å². The number of nitrogens with zero attached hydrogens (tertiary/aromatic N) is 2. The van der Waals surface area contributed by atoms with Crippen LogP contribution in [-0.2, 0) is 0 Å². The van der Waals surface area contributed by atoms with Gasteiger partial charge in [-0.3, -0.25) is 0 Å². The van der Waals surface area contributed by atoms with Crippen molar-refractivity contribution in [3.8, 4) is 11.1 Å². The molecule has 0 radical (unpaired) electrons. The first-order valence-corrected chi connectivity index (χ1v) is 6.07. The first-order chi connectivity index (χ1) is 9.16. The molecule has 2 aromatic carbocycles. The summed E-state index contributed by atoms with van der Waals surface area (Å²) < 4.78 is 1.13. The number of carbonyl (C=O) groups is 1. The molecule has 0 aliphatic carbocycles. The van der Waals surface area contributed by atoms with Gasteiger partial charge in [-0.05, 0) is 17.7 Å². The molecular weight excluding hydrogens is 262 g/mol. The van der Waals surface area contributed by atoms with Crippen LogP contribution in [0.3, 0.4) is 0 Å². The van der Waals surface area contributed by atoms with E-state index in [0.29, 0.717) is 10.5 Å². The number of aromatic nitrogens is 2. The largest absolute Gasteiger partial charge is 0.350 e. The van der Waals surface area contributed by atoms with E-state index in [2.05, 4.69) is 5.10 Å². The Hall–Kier alpha value is -2.33. The van der Waals surface area contributed by atoms with Gasteiger partial charge in [-0.15, -0.1) is 0 Å². The Bertz CT molecular complexity index is 765. The molecular formula is C14H10ClN3O. The average molecular weight is 272 g/mol. The Morgan fingerprint density at radius 2 is 1.95 bits per heavy atom. The average Bonchev–Trinajstić information content (AvgIpc) is 2.81. The van der Waals surface area contributed by atoms with Gasteiger partial charge in [0.25, 0.3) is 0 Å². The first-order valence-electron chi connectivity index (χ1n) is 5.69. The predicted molar refractivity (Wildman–Crippen MR) is 75.2 cm³/mol. The van der Waals surface area contributed by atoms with Crippen LogP contribution in [0.2, 0.25) is 5.02 Å². The van der Waals surface area contributed by atoms with Crippen molar-refractivity contribution in [3.63, 3.8) is 0 Å². The van der Waals surface area contributed by atoms with Gasteiger partial charge in [0, 0.05) is 10.9 Å². The zero-order valence-electron chi connectivity index (χ0n) is 9.88. The minimum absolute atomic E-state index is 0.557. The Labute approximate surface area is 114 Å². The predicted octanol–water partition coefficient (Wildman–Crippen LogP) is 3.28. The monoisotopic (exact) mass is 271 g/mol. The Morgan fingerprint density at radius 3 is 2.63 bits per heavy atom. The van der Waals surface area contributed by atoms with Crippen molar-refractivity contribution < 1.29 is 4.79 Å². The number of fused-ring (bicyclic) bond motifs is 1. The number of primary amides is 1. The number of halogens is 1. The molecule has 0 bridgehead atoms. The summed E-state index contributed by atoms with van der Waals surface area (Å²) in [5, 5.41) is 5.33. The molecule has 0 aliphatic heterocycles. The van der Waals surface area contributed by atoms with Gasteiger partial charge in [-0.2, -0.15) is 9.78 Å². The zero-order chi connectivity index (χ0) is 13.4. The molecule has 0 fully saturated rings. The molecule has 94 valence electrons. The SMILES string of the molecule is NC(=O)n1ncc2cc(-c3ccccc3)c(Cl)cc21. The second kappa shape index (κ2) is 4.40. The normalized spacial score (nSPS) is 10.8. The highest BCUT2D eigenvalue weighted by molar-refractivity contribution is 6.34. The van der Waals surface area contributed by atoms with Crippen LogP contribution < -0.4 is 5.73 Å². The van der Waals surface area contributed by atoms with Crippen molar-refractivity contribution >= 4 is 28.5 Å². The fourth-order valence-corrected chi connectivity index (χ4v) is 2.33. The lowest BCUT2D eigenvalue weighted by atomic mass is 10.0. The topological polar surface area (TPSA) is 60.9 Å². The van der Waals surface area contributed by atoms with Crippen molar-refractivity contribution in [2.45, 2.75) is 0 Å². The van der Waals surface area contributed by atoms with Crippen molar-refractivity contribution in [1.29, 1.82) is 0 Å². The Balaban J connectivity index is 2.24. The van der Waals surface area contributed by atoms with Crippen molar-refractivity contribution in [2.24, 2.45) is 5.73 Å². The molecule has 0 saturated carbocycles. The Kier molecular flexibility index (Phi) is 2.72. The van der Waals surface area contributed by atoms with Gasteiger partial charge in [0.05, 0.1) is 16.7 Å². The highest BCUT2D eigenvalue weighted by Gasteiger charge is 2.11. The number of hydrogen-bond acceptors (Lipinski definition) is 2. The molecule has 4 nitrogen and oxygen atoms in total. The van der Waals surface area contributed by atoms with E-state index in [1.165, 1.54) is 0 Å². The van der Waals surface area contributed by atoms with E-state index in [1.54, 1.807) is 12.3 Å². The van der Waals surface area contributed by atoms with Crippen LogP contribution in [0.15, 0.2) is 48.7 Å². The number of amides is 1. The van der Waals surface area contributed by atoms with Crippen LogP contribution in [0.5, 0.6) is 0 Å². The van der Waals surface area contributed by atoms with Gasteiger partial charge >= 0.3 is 6.03 Å². The molecule has 3 rings (SSSR count). The van der Waals surface area contributed by atoms with E-state index in [0.717, 1.165) is 21.2 Å². The van der Waals surface area contributed by atoms with E-state index in [-0.39, 0.29) is 0 Å². The maximum atomic E-state index is 11.2. The van der Waals surface area contributed by atoms with E-state index in [4.69, 9.17) is 17.3 Å². The molecule has 1 aromatic heterocycles. The molecule has 0 spiro atoms. The highest BCUT2D eigenvalue weighted by Crippen LogP contribution is 2.31. The fourth-order valence-electron chi connectivity index (χ4n) is 2.06. The van der Waals surface area contributed by atoms with Crippen LogP contribution in [-0.4, -0.2) is 15.8 Å². The van der Waals surface area contributed by atoms with Crippen LogP contribution in [0.1, 0.15) is 0 Å². The quantitative estimate of drug-likeness (QED) is 0.738. The molecule has 0 atom stereocenters. The molecule has 2 N–H and O–H groups in total. The molecule has 0 saturated heterocycles. The van der Waals surface area contributed by atoms with Gasteiger partial charge in [0.1, 0.15) is 0 Å². The van der Waals surface area contributed by atoms with E-state index in [9.17, 15) is 4.79 Å². The minimum atomic E-state index is -0.626. The summed E-state index contributed by atoms with van der Waals surface area (Å²) in [4.78, 5) is 11.2. The lowest BCUT2D eigenvalue weighted by molar-refractivity contribution is 0.248. The van der Waals surface area contributed by atoms with E-state index in [1.807, 2.05) is 36.4 Å². The van der Waals surface area contributed by atoms with Gasteiger partial charge < -0.3 is 5.73 Å². The number of rotatable bonds is 1. The van der Waals surface area contributed by atoms with Crippen molar-refractivity contribution in [2.75, 3.05) is 0 Å². The summed E-state index contributed by atoms with van der Waals surface area (Å²) in [7, 11) is 0. The maximum Gasteiger partial charge on any atom is 0.340 e. The van der Waals surface area contributed by atoms with Gasteiger partial charge in [0.2, 0.25) is 0 Å². The van der Waals surface area contributed by atoms with Crippen molar-refractivity contribution in [1.82, 2.24) is 9.78 Å². The number of carbonyl (C=O) groups excluding carboxylic acids is 1. The first kappa shape index (κ1) is 11.7. The fraction of sp³-hybridized carbons (Fsp3) is 0. The lowest BCUT2D eigenvalue weighted by Gasteiger charge is -2.05. The summed E-state index contributed by atoms with van der Waals surface area (Å²) in [6, 6.07) is 12.8. The molecule has 3 aromatic rings. The van der Waals surface area contributed by atoms with Gasteiger partial charge in [-0.1, -0.05) is 41.9 Å². The third kappa shape index (κ3) is 1.96. The molecule has 19 heavy (non-hydrogen) atoms. The third-order valence-corrected chi connectivity index (χ3v) is 3.26. The van der Waals surface area contributed by atoms with Gasteiger partial charge in [-0.25, -0.2) is 4.79 Å². The summed E-state index contributed by atoms with van der Waals surface area (Å²) in [6.07, 6.45) is 1.60. The molecule has 1 amide bonds. The summed E-state index contributed by atoms with van der Waals surface area (Å²) in [6.45, 7) is 0.